The van der Waals surface area contributed by atoms with Crippen molar-refractivity contribution in [2.45, 2.75) is 12.8 Å². The fourth-order valence-electron chi connectivity index (χ4n) is 7.78. The normalized spacial score (nSPS) is 13.0. The van der Waals surface area contributed by atoms with E-state index in [9.17, 15) is 15.8 Å². The second kappa shape index (κ2) is 11.5. The molecule has 0 aliphatic heterocycles. The van der Waals surface area contributed by atoms with Crippen molar-refractivity contribution in [2.75, 3.05) is 0 Å². The highest BCUT2D eigenvalue weighted by atomic mass is 15.0. The van der Waals surface area contributed by atoms with E-state index in [1.165, 1.54) is 0 Å². The van der Waals surface area contributed by atoms with Crippen LogP contribution in [-0.4, -0.2) is 9.13 Å². The van der Waals surface area contributed by atoms with Gasteiger partial charge in [-0.2, -0.15) is 15.8 Å². The Morgan fingerprint density at radius 2 is 1.10 bits per heavy atom. The smallest absolute Gasteiger partial charge is 0.101 e. The Morgan fingerprint density at radius 3 is 1.76 bits per heavy atom. The zero-order valence-electron chi connectivity index (χ0n) is 26.9. The number of nitriles is 3. The van der Waals surface area contributed by atoms with Gasteiger partial charge >= 0.3 is 0 Å². The summed E-state index contributed by atoms with van der Waals surface area (Å²) in [6.07, 6.45) is 3.56. The minimum Gasteiger partial charge on any atom is -0.309 e. The lowest BCUT2D eigenvalue weighted by Gasteiger charge is -2.23. The molecule has 9 rings (SSSR count). The second-order valence-corrected chi connectivity index (χ2v) is 12.5. The first-order valence-electron chi connectivity index (χ1n) is 16.6. The number of nitrogens with zero attached hydrogens (tertiary/aromatic N) is 5. The minimum absolute atomic E-state index is 0.558. The van der Waals surface area contributed by atoms with Crippen molar-refractivity contribution in [2.24, 2.45) is 0 Å². The first-order valence-corrected chi connectivity index (χ1v) is 16.6. The number of allylic oxidation sites excluding steroid dienone is 4. The SMILES string of the molecule is N#CC1=C(c2ccccc2-n2c3ccccc3c3cc(C#N)ccc32)C(c2ccc(-n3c4ccccc4c4ccccc43)c(C#N)c2)=CCC1. The van der Waals surface area contributed by atoms with Crippen molar-refractivity contribution in [3.05, 3.63) is 167 Å². The zero-order chi connectivity index (χ0) is 33.8. The average Bonchev–Trinajstić information content (AvgIpc) is 3.69. The molecule has 0 N–H and O–H groups in total. The number of hydrogen-bond donors (Lipinski definition) is 0. The molecule has 5 nitrogen and oxygen atoms in total. The van der Waals surface area contributed by atoms with Gasteiger partial charge in [-0.1, -0.05) is 84.9 Å². The van der Waals surface area contributed by atoms with Gasteiger partial charge in [0.2, 0.25) is 0 Å². The predicted octanol–water partition coefficient (Wildman–Crippen LogP) is 10.8. The molecule has 0 saturated carbocycles. The Labute approximate surface area is 288 Å². The third kappa shape index (κ3) is 4.30. The number of fused-ring (bicyclic) bond motifs is 6. The predicted molar refractivity (Wildman–Crippen MR) is 201 cm³/mol. The van der Waals surface area contributed by atoms with E-state index >= 15 is 0 Å². The molecular weight excluding hydrogens is 611 g/mol. The molecule has 2 aromatic heterocycles. The highest BCUT2D eigenvalue weighted by Gasteiger charge is 2.25. The summed E-state index contributed by atoms with van der Waals surface area (Å²) in [4.78, 5) is 0. The molecular formula is C45H27N5. The lowest BCUT2D eigenvalue weighted by Crippen LogP contribution is -2.06. The van der Waals surface area contributed by atoms with Crippen LogP contribution in [0.2, 0.25) is 0 Å². The largest absolute Gasteiger partial charge is 0.309 e. The summed E-state index contributed by atoms with van der Waals surface area (Å²) in [6, 6.07) is 52.3. The molecule has 0 atom stereocenters. The zero-order valence-corrected chi connectivity index (χ0v) is 26.9. The molecule has 232 valence electrons. The summed E-state index contributed by atoms with van der Waals surface area (Å²) < 4.78 is 4.41. The maximum atomic E-state index is 10.6. The van der Waals surface area contributed by atoms with E-state index < -0.39 is 0 Å². The van der Waals surface area contributed by atoms with Crippen molar-refractivity contribution in [1.82, 2.24) is 9.13 Å². The number of hydrogen-bond acceptors (Lipinski definition) is 3. The molecule has 1 aliphatic carbocycles. The van der Waals surface area contributed by atoms with E-state index in [1.54, 1.807) is 0 Å². The summed E-state index contributed by atoms with van der Waals surface area (Å²) in [7, 11) is 0. The van der Waals surface area contributed by atoms with Crippen LogP contribution in [-0.2, 0) is 0 Å². The van der Waals surface area contributed by atoms with Gasteiger partial charge in [0, 0.05) is 38.3 Å². The van der Waals surface area contributed by atoms with Crippen LogP contribution in [0, 0.1) is 34.0 Å². The molecule has 0 radical (unpaired) electrons. The molecule has 0 fully saturated rings. The van der Waals surface area contributed by atoms with Gasteiger partial charge in [-0.15, -0.1) is 0 Å². The Morgan fingerprint density at radius 1 is 0.500 bits per heavy atom. The lowest BCUT2D eigenvalue weighted by atomic mass is 9.82. The van der Waals surface area contributed by atoms with E-state index in [0.717, 1.165) is 83.7 Å². The van der Waals surface area contributed by atoms with Crippen LogP contribution in [0.25, 0.3) is 66.1 Å². The standard InChI is InChI=1S/C45H27N5/c46-26-29-20-22-44-38(24-29)36-13-3-7-18-42(36)50(44)43-19-8-4-14-37(43)45-31(27-47)10-9-15-33(45)30-21-23-39(32(25-30)28-48)49-40-16-5-1-11-34(40)35-12-2-6-17-41(35)49/h1-8,11-25H,9-10H2. The summed E-state index contributed by atoms with van der Waals surface area (Å²) in [5.41, 5.74) is 11.4. The molecule has 0 spiro atoms. The van der Waals surface area contributed by atoms with Crippen LogP contribution >= 0.6 is 0 Å². The van der Waals surface area contributed by atoms with Crippen molar-refractivity contribution in [3.8, 4) is 29.6 Å². The topological polar surface area (TPSA) is 81.2 Å². The van der Waals surface area contributed by atoms with Gasteiger partial charge in [-0.05, 0) is 78.6 Å². The molecule has 5 heteroatoms. The first-order chi connectivity index (χ1) is 24.7. The fourth-order valence-corrected chi connectivity index (χ4v) is 7.78. The molecule has 50 heavy (non-hydrogen) atoms. The lowest BCUT2D eigenvalue weighted by molar-refractivity contribution is 1.00. The summed E-state index contributed by atoms with van der Waals surface area (Å²) in [6.45, 7) is 0. The molecule has 6 aromatic carbocycles. The van der Waals surface area contributed by atoms with Gasteiger partial charge in [0.25, 0.3) is 0 Å². The van der Waals surface area contributed by atoms with Crippen LogP contribution in [0.4, 0.5) is 0 Å². The van der Waals surface area contributed by atoms with E-state index in [1.807, 2.05) is 78.9 Å². The monoisotopic (exact) mass is 637 g/mol. The van der Waals surface area contributed by atoms with E-state index in [0.29, 0.717) is 23.1 Å². The van der Waals surface area contributed by atoms with Crippen molar-refractivity contribution in [1.29, 1.82) is 15.8 Å². The maximum Gasteiger partial charge on any atom is 0.101 e. The van der Waals surface area contributed by atoms with Gasteiger partial charge in [-0.25, -0.2) is 0 Å². The second-order valence-electron chi connectivity index (χ2n) is 12.5. The number of benzene rings is 6. The van der Waals surface area contributed by atoms with Gasteiger partial charge in [0.15, 0.2) is 0 Å². The molecule has 0 bridgehead atoms. The highest BCUT2D eigenvalue weighted by Crippen LogP contribution is 2.44. The molecule has 2 heterocycles. The van der Waals surface area contributed by atoms with Gasteiger partial charge in [-0.3, -0.25) is 0 Å². The van der Waals surface area contributed by atoms with E-state index in [4.69, 9.17) is 0 Å². The summed E-state index contributed by atoms with van der Waals surface area (Å²) >= 11 is 0. The van der Waals surface area contributed by atoms with Crippen LogP contribution in [0.1, 0.15) is 35.1 Å². The Balaban J connectivity index is 1.25. The Kier molecular flexibility index (Phi) is 6.70. The fraction of sp³-hybridized carbons (Fsp3) is 0.0444. The molecule has 1 aliphatic rings. The maximum absolute atomic E-state index is 10.6. The third-order valence-electron chi connectivity index (χ3n) is 9.91. The molecule has 8 aromatic rings. The van der Waals surface area contributed by atoms with Crippen LogP contribution < -0.4 is 0 Å². The number of rotatable bonds is 4. The van der Waals surface area contributed by atoms with Crippen molar-refractivity contribution in [3.63, 3.8) is 0 Å². The Bertz CT molecular complexity index is 2860. The number of aromatic nitrogens is 2. The highest BCUT2D eigenvalue weighted by molar-refractivity contribution is 6.13. The Hall–Kier alpha value is -7.13. The van der Waals surface area contributed by atoms with E-state index in [-0.39, 0.29) is 0 Å². The van der Waals surface area contributed by atoms with Gasteiger partial charge in [0.1, 0.15) is 6.07 Å². The van der Waals surface area contributed by atoms with Crippen LogP contribution in [0.5, 0.6) is 0 Å². The van der Waals surface area contributed by atoms with Crippen LogP contribution in [0.3, 0.4) is 0 Å². The molecule has 0 saturated heterocycles. The molecule has 0 amide bonds. The van der Waals surface area contributed by atoms with Crippen molar-refractivity contribution < 1.29 is 0 Å². The summed E-state index contributed by atoms with van der Waals surface area (Å²) in [5.74, 6) is 0. The van der Waals surface area contributed by atoms with Crippen LogP contribution in [0.15, 0.2) is 145 Å². The molecule has 0 unspecified atom stereocenters. The number of para-hydroxylation sites is 4. The van der Waals surface area contributed by atoms with Gasteiger partial charge < -0.3 is 9.13 Å². The van der Waals surface area contributed by atoms with Crippen molar-refractivity contribution >= 4 is 54.8 Å². The van der Waals surface area contributed by atoms with Gasteiger partial charge in [0.05, 0.1) is 56.7 Å². The third-order valence-corrected chi connectivity index (χ3v) is 9.91. The summed E-state index contributed by atoms with van der Waals surface area (Å²) in [5, 5.41) is 35.2. The first kappa shape index (κ1) is 29.0. The quantitative estimate of drug-likeness (QED) is 0.193. The average molecular weight is 638 g/mol. The van der Waals surface area contributed by atoms with E-state index in [2.05, 4.69) is 88.0 Å². The minimum atomic E-state index is 0.558.